The van der Waals surface area contributed by atoms with Crippen molar-refractivity contribution in [2.75, 3.05) is 19.8 Å². The number of allylic oxidation sites excluding steroid dienone is 2. The first-order valence-electron chi connectivity index (χ1n) is 13.0. The zero-order chi connectivity index (χ0) is 26.2. The Balaban J connectivity index is 1.99. The number of hydrogen-bond donors (Lipinski definition) is 2. The SMILES string of the molecule is C=CCCCCC(=O)OCC1(NC(=O)[C@@H](CC=C)CC(=O)N(CCO)Cc2ccccc2)CCCC1. The fraction of sp³-hybridized carbons (Fsp3) is 0.552. The van der Waals surface area contributed by atoms with Gasteiger partial charge in [0.1, 0.15) is 6.61 Å². The molecule has 1 saturated carbocycles. The number of unbranched alkanes of at least 4 members (excludes halogenated alkanes) is 2. The van der Waals surface area contributed by atoms with Crippen molar-refractivity contribution in [3.63, 3.8) is 0 Å². The highest BCUT2D eigenvalue weighted by atomic mass is 16.5. The van der Waals surface area contributed by atoms with Crippen LogP contribution < -0.4 is 5.32 Å². The number of aliphatic hydroxyl groups excluding tert-OH is 1. The van der Waals surface area contributed by atoms with Crippen molar-refractivity contribution < 1.29 is 24.2 Å². The van der Waals surface area contributed by atoms with Gasteiger partial charge in [-0.1, -0.05) is 55.3 Å². The van der Waals surface area contributed by atoms with E-state index in [0.717, 1.165) is 50.5 Å². The second-order valence-electron chi connectivity index (χ2n) is 9.62. The van der Waals surface area contributed by atoms with Crippen LogP contribution in [0.3, 0.4) is 0 Å². The number of nitrogens with one attached hydrogen (secondary N) is 1. The summed E-state index contributed by atoms with van der Waals surface area (Å²) in [6, 6.07) is 9.57. The minimum absolute atomic E-state index is 0.0177. The van der Waals surface area contributed by atoms with E-state index in [1.165, 1.54) is 0 Å². The van der Waals surface area contributed by atoms with Crippen molar-refractivity contribution in [2.45, 2.75) is 76.3 Å². The van der Waals surface area contributed by atoms with Gasteiger partial charge in [0.05, 0.1) is 18.1 Å². The molecule has 1 aliphatic carbocycles. The summed E-state index contributed by atoms with van der Waals surface area (Å²) in [6.07, 6.45) is 10.1. The third-order valence-electron chi connectivity index (χ3n) is 6.68. The molecule has 2 rings (SSSR count). The van der Waals surface area contributed by atoms with Gasteiger partial charge in [-0.05, 0) is 44.1 Å². The fourth-order valence-electron chi connectivity index (χ4n) is 4.61. The normalized spacial score (nSPS) is 15.0. The Morgan fingerprint density at radius 3 is 2.47 bits per heavy atom. The van der Waals surface area contributed by atoms with E-state index >= 15 is 0 Å². The zero-order valence-corrected chi connectivity index (χ0v) is 21.5. The molecule has 7 nitrogen and oxygen atoms in total. The van der Waals surface area contributed by atoms with Gasteiger partial charge < -0.3 is 20.1 Å². The van der Waals surface area contributed by atoms with Gasteiger partial charge in [-0.15, -0.1) is 13.2 Å². The number of ether oxygens (including phenoxy) is 1. The molecule has 0 aliphatic heterocycles. The van der Waals surface area contributed by atoms with E-state index in [2.05, 4.69) is 18.5 Å². The predicted molar refractivity (Wildman–Crippen MR) is 141 cm³/mol. The third kappa shape index (κ3) is 9.97. The summed E-state index contributed by atoms with van der Waals surface area (Å²) in [6.45, 7) is 8.02. The van der Waals surface area contributed by atoms with Crippen molar-refractivity contribution in [1.29, 1.82) is 0 Å². The average Bonchev–Trinajstić information content (AvgIpc) is 3.34. The summed E-state index contributed by atoms with van der Waals surface area (Å²) in [5.74, 6) is -1.26. The second-order valence-corrected chi connectivity index (χ2v) is 9.62. The molecule has 1 fully saturated rings. The number of nitrogens with zero attached hydrogens (tertiary/aromatic N) is 1. The molecule has 0 spiro atoms. The molecule has 1 aliphatic rings. The molecule has 2 amide bonds. The quantitative estimate of drug-likeness (QED) is 0.190. The summed E-state index contributed by atoms with van der Waals surface area (Å²) in [7, 11) is 0. The van der Waals surface area contributed by atoms with E-state index in [9.17, 15) is 19.5 Å². The standard InChI is InChI=1S/C29H42N2O5/c1-3-5-6-10-16-27(34)36-23-29(17-11-12-18-29)30-28(35)25(13-4-2)21-26(33)31(19-20-32)22-24-14-8-7-9-15-24/h3-4,7-9,14-15,25,32H,1-2,5-6,10-13,16-23H2,(H,30,35)/t25-/m0/s1. The molecule has 1 aromatic rings. The first-order chi connectivity index (χ1) is 17.4. The van der Waals surface area contributed by atoms with Gasteiger partial charge in [0.2, 0.25) is 11.8 Å². The summed E-state index contributed by atoms with van der Waals surface area (Å²) < 4.78 is 5.57. The van der Waals surface area contributed by atoms with Crippen LogP contribution in [0.5, 0.6) is 0 Å². The second kappa shape index (κ2) is 15.9. The summed E-state index contributed by atoms with van der Waals surface area (Å²) in [5, 5.41) is 12.6. The fourth-order valence-corrected chi connectivity index (χ4v) is 4.61. The molecule has 0 saturated heterocycles. The maximum atomic E-state index is 13.3. The van der Waals surface area contributed by atoms with E-state index in [1.54, 1.807) is 11.0 Å². The molecule has 0 aromatic heterocycles. The monoisotopic (exact) mass is 498 g/mol. The number of carbonyl (C=O) groups is 3. The van der Waals surface area contributed by atoms with E-state index in [0.29, 0.717) is 19.4 Å². The zero-order valence-electron chi connectivity index (χ0n) is 21.5. The molecular weight excluding hydrogens is 456 g/mol. The number of benzene rings is 1. The van der Waals surface area contributed by atoms with Crippen LogP contribution in [-0.4, -0.2) is 53.1 Å². The molecule has 2 N–H and O–H groups in total. The van der Waals surface area contributed by atoms with Gasteiger partial charge in [-0.25, -0.2) is 0 Å². The predicted octanol–water partition coefficient (Wildman–Crippen LogP) is 4.31. The Labute approximate surface area is 215 Å². The lowest BCUT2D eigenvalue weighted by Gasteiger charge is -2.32. The first kappa shape index (κ1) is 29.3. The molecule has 0 radical (unpaired) electrons. The minimum atomic E-state index is -0.592. The van der Waals surface area contributed by atoms with E-state index in [-0.39, 0.29) is 44.0 Å². The molecule has 1 aromatic carbocycles. The highest BCUT2D eigenvalue weighted by Gasteiger charge is 2.38. The van der Waals surface area contributed by atoms with Crippen molar-refractivity contribution in [3.05, 3.63) is 61.2 Å². The minimum Gasteiger partial charge on any atom is -0.463 e. The summed E-state index contributed by atoms with van der Waals surface area (Å²) in [5.41, 5.74) is 0.366. The van der Waals surface area contributed by atoms with E-state index in [4.69, 9.17) is 4.74 Å². The molecule has 1 atom stereocenters. The lowest BCUT2D eigenvalue weighted by molar-refractivity contribution is -0.147. The highest BCUT2D eigenvalue weighted by Crippen LogP contribution is 2.31. The van der Waals surface area contributed by atoms with E-state index < -0.39 is 11.5 Å². The number of rotatable bonds is 17. The molecule has 0 heterocycles. The van der Waals surface area contributed by atoms with Crippen molar-refractivity contribution in [2.24, 2.45) is 5.92 Å². The van der Waals surface area contributed by atoms with Crippen LogP contribution in [0.1, 0.15) is 69.8 Å². The van der Waals surface area contributed by atoms with Crippen molar-refractivity contribution in [3.8, 4) is 0 Å². The molecule has 7 heteroatoms. The smallest absolute Gasteiger partial charge is 0.305 e. The number of hydrogen-bond acceptors (Lipinski definition) is 5. The Morgan fingerprint density at radius 1 is 1.11 bits per heavy atom. The molecule has 198 valence electrons. The van der Waals surface area contributed by atoms with Gasteiger partial charge in [0.25, 0.3) is 0 Å². The van der Waals surface area contributed by atoms with Gasteiger partial charge in [0.15, 0.2) is 0 Å². The van der Waals surface area contributed by atoms with Crippen LogP contribution >= 0.6 is 0 Å². The summed E-state index contributed by atoms with van der Waals surface area (Å²) in [4.78, 5) is 40.3. The Hall–Kier alpha value is -2.93. The number of carbonyl (C=O) groups excluding carboxylic acids is 3. The van der Waals surface area contributed by atoms with Crippen LogP contribution in [-0.2, 0) is 25.7 Å². The van der Waals surface area contributed by atoms with Gasteiger partial charge in [-0.2, -0.15) is 0 Å². The maximum absolute atomic E-state index is 13.3. The molecular formula is C29H42N2O5. The largest absolute Gasteiger partial charge is 0.463 e. The Morgan fingerprint density at radius 2 is 1.83 bits per heavy atom. The Bertz CT molecular complexity index is 848. The van der Waals surface area contributed by atoms with Crippen molar-refractivity contribution >= 4 is 17.8 Å². The highest BCUT2D eigenvalue weighted by molar-refractivity contribution is 5.86. The van der Waals surface area contributed by atoms with E-state index in [1.807, 2.05) is 36.4 Å². The van der Waals surface area contributed by atoms with Gasteiger partial charge in [-0.3, -0.25) is 14.4 Å². The molecule has 0 unspecified atom stereocenters. The van der Waals surface area contributed by atoms with Crippen LogP contribution in [0, 0.1) is 5.92 Å². The van der Waals surface area contributed by atoms with Crippen LogP contribution in [0.25, 0.3) is 0 Å². The Kier molecular flexibility index (Phi) is 13.0. The van der Waals surface area contributed by atoms with Gasteiger partial charge in [0, 0.05) is 25.9 Å². The van der Waals surface area contributed by atoms with Crippen LogP contribution in [0.2, 0.25) is 0 Å². The maximum Gasteiger partial charge on any atom is 0.305 e. The lowest BCUT2D eigenvalue weighted by Crippen LogP contribution is -2.52. The van der Waals surface area contributed by atoms with Crippen LogP contribution in [0.4, 0.5) is 0 Å². The molecule has 0 bridgehead atoms. The average molecular weight is 499 g/mol. The van der Waals surface area contributed by atoms with Crippen LogP contribution in [0.15, 0.2) is 55.6 Å². The summed E-state index contributed by atoms with van der Waals surface area (Å²) >= 11 is 0. The topological polar surface area (TPSA) is 95.9 Å². The van der Waals surface area contributed by atoms with Crippen molar-refractivity contribution in [1.82, 2.24) is 10.2 Å². The lowest BCUT2D eigenvalue weighted by atomic mass is 9.94. The third-order valence-corrected chi connectivity index (χ3v) is 6.68. The number of amides is 2. The first-order valence-corrected chi connectivity index (χ1v) is 13.0. The molecule has 36 heavy (non-hydrogen) atoms. The number of esters is 1. The number of aliphatic hydroxyl groups is 1. The van der Waals surface area contributed by atoms with Gasteiger partial charge >= 0.3 is 5.97 Å².